The number of halogens is 1. The average Bonchev–Trinajstić information content (AvgIpc) is 3.30. The van der Waals surface area contributed by atoms with Crippen molar-refractivity contribution in [3.8, 4) is 0 Å². The number of nitrogens with one attached hydrogen (secondary N) is 1. The lowest BCUT2D eigenvalue weighted by atomic mass is 10.1. The molecule has 0 amide bonds. The molecule has 1 N–H and O–H groups in total. The van der Waals surface area contributed by atoms with Crippen LogP contribution in [0.2, 0.25) is 0 Å². The molecule has 0 spiro atoms. The van der Waals surface area contributed by atoms with E-state index < -0.39 is 10.0 Å². The fourth-order valence-corrected chi connectivity index (χ4v) is 5.18. The molecule has 1 saturated heterocycles. The Bertz CT molecular complexity index is 593. The Morgan fingerprint density at radius 3 is 2.43 bits per heavy atom. The van der Waals surface area contributed by atoms with Gasteiger partial charge in [0.2, 0.25) is 10.0 Å². The lowest BCUT2D eigenvalue weighted by Gasteiger charge is -2.32. The van der Waals surface area contributed by atoms with Crippen molar-refractivity contribution in [3.05, 3.63) is 28.7 Å². The number of hydrogen-bond donors (Lipinski definition) is 1. The van der Waals surface area contributed by atoms with Gasteiger partial charge < -0.3 is 5.32 Å². The minimum absolute atomic E-state index is 0.370. The van der Waals surface area contributed by atoms with Crippen molar-refractivity contribution >= 4 is 26.0 Å². The second-order valence-corrected chi connectivity index (χ2v) is 8.72. The first kappa shape index (κ1) is 15.5. The first-order valence-electron chi connectivity index (χ1n) is 7.55. The van der Waals surface area contributed by atoms with Gasteiger partial charge in [-0.1, -0.05) is 12.1 Å². The predicted molar refractivity (Wildman–Crippen MR) is 86.6 cm³/mol. The Kier molecular flexibility index (Phi) is 4.69. The molecule has 116 valence electrons. The van der Waals surface area contributed by atoms with Gasteiger partial charge in [-0.2, -0.15) is 4.31 Å². The van der Waals surface area contributed by atoms with Crippen molar-refractivity contribution in [1.29, 1.82) is 0 Å². The summed E-state index contributed by atoms with van der Waals surface area (Å²) in [5.41, 5.74) is 0. The molecule has 21 heavy (non-hydrogen) atoms. The van der Waals surface area contributed by atoms with Gasteiger partial charge in [-0.3, -0.25) is 0 Å². The first-order chi connectivity index (χ1) is 10.1. The second kappa shape index (κ2) is 6.36. The van der Waals surface area contributed by atoms with Gasteiger partial charge in [-0.15, -0.1) is 0 Å². The van der Waals surface area contributed by atoms with E-state index in [4.69, 9.17) is 0 Å². The maximum atomic E-state index is 12.7. The van der Waals surface area contributed by atoms with Crippen LogP contribution < -0.4 is 5.32 Å². The lowest BCUT2D eigenvalue weighted by Crippen LogP contribution is -2.45. The third-order valence-electron chi connectivity index (χ3n) is 4.30. The summed E-state index contributed by atoms with van der Waals surface area (Å²) in [5.74, 6) is 0.868. The fourth-order valence-electron chi connectivity index (χ4n) is 2.75. The van der Waals surface area contributed by atoms with E-state index in [-0.39, 0.29) is 0 Å². The SMILES string of the molecule is O=S(=O)(c1ccccc1Br)N1CCC(NCC2CC2)CC1. The second-order valence-electron chi connectivity index (χ2n) is 5.96. The largest absolute Gasteiger partial charge is 0.314 e. The van der Waals surface area contributed by atoms with Gasteiger partial charge in [0.1, 0.15) is 0 Å². The maximum absolute atomic E-state index is 12.7. The van der Waals surface area contributed by atoms with Crippen LogP contribution in [0.4, 0.5) is 0 Å². The van der Waals surface area contributed by atoms with Gasteiger partial charge in [0.15, 0.2) is 0 Å². The predicted octanol–water partition coefficient (Wildman–Crippen LogP) is 2.60. The molecule has 4 nitrogen and oxygen atoms in total. The van der Waals surface area contributed by atoms with Crippen LogP contribution in [0.3, 0.4) is 0 Å². The number of rotatable bonds is 5. The smallest absolute Gasteiger partial charge is 0.244 e. The van der Waals surface area contributed by atoms with Crippen LogP contribution >= 0.6 is 15.9 Å². The van der Waals surface area contributed by atoms with E-state index in [2.05, 4.69) is 21.2 Å². The summed E-state index contributed by atoms with van der Waals surface area (Å²) in [6, 6.07) is 7.50. The minimum Gasteiger partial charge on any atom is -0.314 e. The van der Waals surface area contributed by atoms with Crippen LogP contribution in [0.15, 0.2) is 33.6 Å². The minimum atomic E-state index is -3.38. The molecular formula is C15H21BrN2O2S. The summed E-state index contributed by atoms with van der Waals surface area (Å²) in [7, 11) is -3.38. The summed E-state index contributed by atoms with van der Waals surface area (Å²) in [6.07, 6.45) is 4.50. The Labute approximate surface area is 135 Å². The van der Waals surface area contributed by atoms with Crippen LogP contribution in [0.25, 0.3) is 0 Å². The number of hydrogen-bond acceptors (Lipinski definition) is 3. The highest BCUT2D eigenvalue weighted by atomic mass is 79.9. The van der Waals surface area contributed by atoms with E-state index in [1.54, 1.807) is 22.5 Å². The van der Waals surface area contributed by atoms with Gasteiger partial charge in [-0.05, 0) is 66.2 Å². The third kappa shape index (κ3) is 3.67. The van der Waals surface area contributed by atoms with Crippen molar-refractivity contribution in [2.75, 3.05) is 19.6 Å². The zero-order valence-electron chi connectivity index (χ0n) is 12.0. The van der Waals surface area contributed by atoms with E-state index in [0.717, 1.165) is 25.3 Å². The van der Waals surface area contributed by atoms with Gasteiger partial charge in [0.05, 0.1) is 4.90 Å². The van der Waals surface area contributed by atoms with E-state index in [0.29, 0.717) is 28.5 Å². The Hall–Kier alpha value is -0.430. The number of benzene rings is 1. The molecule has 0 radical (unpaired) electrons. The van der Waals surface area contributed by atoms with Gasteiger partial charge in [0, 0.05) is 23.6 Å². The van der Waals surface area contributed by atoms with E-state index in [1.165, 1.54) is 12.8 Å². The van der Waals surface area contributed by atoms with Crippen LogP contribution in [0, 0.1) is 5.92 Å². The summed E-state index contributed by atoms with van der Waals surface area (Å²) < 4.78 is 27.6. The fraction of sp³-hybridized carbons (Fsp3) is 0.600. The van der Waals surface area contributed by atoms with E-state index in [9.17, 15) is 8.42 Å². The van der Waals surface area contributed by atoms with Crippen LogP contribution in [-0.2, 0) is 10.0 Å². The quantitative estimate of drug-likeness (QED) is 0.863. The number of sulfonamides is 1. The molecule has 1 heterocycles. The average molecular weight is 373 g/mol. The third-order valence-corrected chi connectivity index (χ3v) is 7.21. The van der Waals surface area contributed by atoms with Crippen molar-refractivity contribution in [1.82, 2.24) is 9.62 Å². The van der Waals surface area contributed by atoms with E-state index in [1.807, 2.05) is 6.07 Å². The highest BCUT2D eigenvalue weighted by molar-refractivity contribution is 9.10. The molecule has 2 aliphatic rings. The summed E-state index contributed by atoms with van der Waals surface area (Å²) in [4.78, 5) is 0.370. The van der Waals surface area contributed by atoms with Crippen LogP contribution in [0.5, 0.6) is 0 Å². The monoisotopic (exact) mass is 372 g/mol. The highest BCUT2D eigenvalue weighted by Gasteiger charge is 2.31. The van der Waals surface area contributed by atoms with Gasteiger partial charge >= 0.3 is 0 Å². The van der Waals surface area contributed by atoms with Crippen molar-refractivity contribution in [2.24, 2.45) is 5.92 Å². The maximum Gasteiger partial charge on any atom is 0.244 e. The Balaban J connectivity index is 1.61. The molecule has 1 aliphatic heterocycles. The number of piperidine rings is 1. The molecule has 2 fully saturated rings. The molecule has 6 heteroatoms. The molecule has 1 aromatic rings. The topological polar surface area (TPSA) is 49.4 Å². The normalized spacial score (nSPS) is 21.6. The molecule has 1 saturated carbocycles. The Morgan fingerprint density at radius 2 is 1.81 bits per heavy atom. The van der Waals surface area contributed by atoms with Crippen LogP contribution in [-0.4, -0.2) is 38.4 Å². The molecule has 3 rings (SSSR count). The zero-order valence-corrected chi connectivity index (χ0v) is 14.4. The van der Waals surface area contributed by atoms with Gasteiger partial charge in [0.25, 0.3) is 0 Å². The molecular weight excluding hydrogens is 352 g/mol. The lowest BCUT2D eigenvalue weighted by molar-refractivity contribution is 0.288. The van der Waals surface area contributed by atoms with Crippen molar-refractivity contribution < 1.29 is 8.42 Å². The zero-order chi connectivity index (χ0) is 14.9. The van der Waals surface area contributed by atoms with Crippen molar-refractivity contribution in [3.63, 3.8) is 0 Å². The Morgan fingerprint density at radius 1 is 1.14 bits per heavy atom. The number of nitrogens with zero attached hydrogens (tertiary/aromatic N) is 1. The highest BCUT2D eigenvalue weighted by Crippen LogP contribution is 2.29. The summed E-state index contributed by atoms with van der Waals surface area (Å²) >= 11 is 3.34. The molecule has 1 aromatic carbocycles. The van der Waals surface area contributed by atoms with E-state index >= 15 is 0 Å². The van der Waals surface area contributed by atoms with Crippen LogP contribution in [0.1, 0.15) is 25.7 Å². The van der Waals surface area contributed by atoms with Crippen molar-refractivity contribution in [2.45, 2.75) is 36.6 Å². The molecule has 0 atom stereocenters. The molecule has 0 unspecified atom stereocenters. The summed E-state index contributed by atoms with van der Waals surface area (Å²) in [6.45, 7) is 2.31. The summed E-state index contributed by atoms with van der Waals surface area (Å²) in [5, 5.41) is 3.58. The van der Waals surface area contributed by atoms with Gasteiger partial charge in [-0.25, -0.2) is 8.42 Å². The molecule has 1 aliphatic carbocycles. The molecule has 0 bridgehead atoms. The molecule has 0 aromatic heterocycles. The first-order valence-corrected chi connectivity index (χ1v) is 9.79. The standard InChI is InChI=1S/C15H21BrN2O2S/c16-14-3-1-2-4-15(14)21(19,20)18-9-7-13(8-10-18)17-11-12-5-6-12/h1-4,12-13,17H,5-11H2.